The second kappa shape index (κ2) is 7.21. The van der Waals surface area contributed by atoms with E-state index in [0.29, 0.717) is 13.0 Å². The van der Waals surface area contributed by atoms with Crippen molar-refractivity contribution in [2.75, 3.05) is 13.7 Å². The maximum Gasteiger partial charge on any atom is 0.255 e. The molecule has 0 bridgehead atoms. The molecule has 1 amide bonds. The van der Waals surface area contributed by atoms with Gasteiger partial charge in [0.1, 0.15) is 5.75 Å². The SMILES string of the molecule is COc1ccc(S(N)(=O)=O)cc1C(=O)NCCc1ccccn1. The summed E-state index contributed by atoms with van der Waals surface area (Å²) in [4.78, 5) is 16.3. The average molecular weight is 335 g/mol. The van der Waals surface area contributed by atoms with Gasteiger partial charge in [-0.2, -0.15) is 0 Å². The van der Waals surface area contributed by atoms with E-state index in [1.54, 1.807) is 6.20 Å². The lowest BCUT2D eigenvalue weighted by atomic mass is 10.2. The fourth-order valence-electron chi connectivity index (χ4n) is 1.99. The number of carbonyl (C=O) groups is 1. The summed E-state index contributed by atoms with van der Waals surface area (Å²) in [5, 5.41) is 7.79. The van der Waals surface area contributed by atoms with Crippen LogP contribution in [-0.2, 0) is 16.4 Å². The lowest BCUT2D eigenvalue weighted by molar-refractivity contribution is 0.0951. The van der Waals surface area contributed by atoms with Crippen LogP contribution in [0.15, 0.2) is 47.5 Å². The van der Waals surface area contributed by atoms with Crippen LogP contribution < -0.4 is 15.2 Å². The number of rotatable bonds is 6. The van der Waals surface area contributed by atoms with E-state index >= 15 is 0 Å². The number of sulfonamides is 1. The zero-order chi connectivity index (χ0) is 16.9. The topological polar surface area (TPSA) is 111 Å². The zero-order valence-corrected chi connectivity index (χ0v) is 13.3. The molecule has 0 aliphatic heterocycles. The number of hydrogen-bond donors (Lipinski definition) is 2. The Morgan fingerprint density at radius 3 is 2.70 bits per heavy atom. The van der Waals surface area contributed by atoms with Crippen LogP contribution in [0, 0.1) is 0 Å². The molecular formula is C15H17N3O4S. The van der Waals surface area contributed by atoms with Crippen molar-refractivity contribution in [1.29, 1.82) is 0 Å². The van der Waals surface area contributed by atoms with Gasteiger partial charge >= 0.3 is 0 Å². The molecule has 2 rings (SSSR count). The molecule has 3 N–H and O–H groups in total. The molecule has 0 spiro atoms. The van der Waals surface area contributed by atoms with E-state index in [-0.39, 0.29) is 16.2 Å². The van der Waals surface area contributed by atoms with Crippen molar-refractivity contribution < 1.29 is 17.9 Å². The van der Waals surface area contributed by atoms with Crippen LogP contribution in [0.4, 0.5) is 0 Å². The third-order valence-electron chi connectivity index (χ3n) is 3.14. The number of pyridine rings is 1. The van der Waals surface area contributed by atoms with Gasteiger partial charge in [0.05, 0.1) is 17.6 Å². The molecule has 8 heteroatoms. The standard InChI is InChI=1S/C15H17N3O4S/c1-22-14-6-5-12(23(16,20)21)10-13(14)15(19)18-9-7-11-4-2-3-8-17-11/h2-6,8,10H,7,9H2,1H3,(H,18,19)(H2,16,20,21). The summed E-state index contributed by atoms with van der Waals surface area (Å²) >= 11 is 0. The lowest BCUT2D eigenvalue weighted by Crippen LogP contribution is -2.26. The minimum atomic E-state index is -3.89. The first kappa shape index (κ1) is 16.9. The predicted octanol–water partition coefficient (Wildman–Crippen LogP) is 0.710. The van der Waals surface area contributed by atoms with Gasteiger partial charge in [0.25, 0.3) is 5.91 Å². The van der Waals surface area contributed by atoms with Crippen LogP contribution in [0.3, 0.4) is 0 Å². The van der Waals surface area contributed by atoms with Gasteiger partial charge in [-0.05, 0) is 30.3 Å². The van der Waals surface area contributed by atoms with Crippen molar-refractivity contribution in [2.45, 2.75) is 11.3 Å². The second-order valence-electron chi connectivity index (χ2n) is 4.73. The number of carbonyl (C=O) groups excluding carboxylic acids is 1. The number of nitrogens with zero attached hydrogens (tertiary/aromatic N) is 1. The van der Waals surface area contributed by atoms with Gasteiger partial charge < -0.3 is 10.1 Å². The molecule has 0 aliphatic carbocycles. The fourth-order valence-corrected chi connectivity index (χ4v) is 2.53. The number of hydrogen-bond acceptors (Lipinski definition) is 5. The number of aromatic nitrogens is 1. The van der Waals surface area contributed by atoms with E-state index in [0.717, 1.165) is 5.69 Å². The van der Waals surface area contributed by atoms with E-state index in [2.05, 4.69) is 10.3 Å². The minimum absolute atomic E-state index is 0.111. The zero-order valence-electron chi connectivity index (χ0n) is 12.5. The Morgan fingerprint density at radius 2 is 2.09 bits per heavy atom. The second-order valence-corrected chi connectivity index (χ2v) is 6.30. The van der Waals surface area contributed by atoms with Crippen LogP contribution >= 0.6 is 0 Å². The summed E-state index contributed by atoms with van der Waals surface area (Å²) in [6, 6.07) is 9.42. The molecule has 122 valence electrons. The van der Waals surface area contributed by atoms with E-state index < -0.39 is 15.9 Å². The molecule has 0 saturated heterocycles. The Kier molecular flexibility index (Phi) is 5.30. The van der Waals surface area contributed by atoms with Crippen LogP contribution in [0.25, 0.3) is 0 Å². The number of amides is 1. The van der Waals surface area contributed by atoms with Gasteiger partial charge in [0, 0.05) is 24.9 Å². The van der Waals surface area contributed by atoms with Gasteiger partial charge in [-0.15, -0.1) is 0 Å². The molecule has 0 unspecified atom stereocenters. The van der Waals surface area contributed by atoms with Crippen LogP contribution in [0.1, 0.15) is 16.1 Å². The van der Waals surface area contributed by atoms with Gasteiger partial charge in [0.2, 0.25) is 10.0 Å². The molecule has 1 heterocycles. The third kappa shape index (κ3) is 4.51. The largest absolute Gasteiger partial charge is 0.496 e. The normalized spacial score (nSPS) is 11.0. The molecule has 23 heavy (non-hydrogen) atoms. The average Bonchev–Trinajstić information content (AvgIpc) is 2.54. The maximum absolute atomic E-state index is 12.2. The molecule has 0 fully saturated rings. The monoisotopic (exact) mass is 335 g/mol. The first-order chi connectivity index (χ1) is 10.9. The first-order valence-electron chi connectivity index (χ1n) is 6.81. The van der Waals surface area contributed by atoms with Crippen molar-refractivity contribution in [3.05, 3.63) is 53.9 Å². The van der Waals surface area contributed by atoms with Crippen molar-refractivity contribution in [3.63, 3.8) is 0 Å². The smallest absolute Gasteiger partial charge is 0.255 e. The molecule has 1 aromatic heterocycles. The molecule has 0 aliphatic rings. The van der Waals surface area contributed by atoms with Crippen LogP contribution in [0.5, 0.6) is 5.75 Å². The molecule has 0 radical (unpaired) electrons. The van der Waals surface area contributed by atoms with Crippen LogP contribution in [-0.4, -0.2) is 33.0 Å². The van der Waals surface area contributed by atoms with Crippen molar-refractivity contribution in [2.24, 2.45) is 5.14 Å². The van der Waals surface area contributed by atoms with Crippen molar-refractivity contribution >= 4 is 15.9 Å². The molecule has 0 saturated carbocycles. The number of methoxy groups -OCH3 is 1. The highest BCUT2D eigenvalue weighted by molar-refractivity contribution is 7.89. The number of nitrogens with two attached hydrogens (primary N) is 1. The highest BCUT2D eigenvalue weighted by Gasteiger charge is 2.17. The summed E-state index contributed by atoms with van der Waals surface area (Å²) in [5.41, 5.74) is 0.957. The summed E-state index contributed by atoms with van der Waals surface area (Å²) in [7, 11) is -2.49. The summed E-state index contributed by atoms with van der Waals surface area (Å²) in [6.45, 7) is 0.360. The Labute approximate surface area is 134 Å². The van der Waals surface area contributed by atoms with Crippen LogP contribution in [0.2, 0.25) is 0 Å². The molecular weight excluding hydrogens is 318 g/mol. The maximum atomic E-state index is 12.2. The quantitative estimate of drug-likeness (QED) is 0.807. The van der Waals surface area contributed by atoms with Gasteiger partial charge in [-0.3, -0.25) is 9.78 Å². The van der Waals surface area contributed by atoms with Crippen molar-refractivity contribution in [1.82, 2.24) is 10.3 Å². The minimum Gasteiger partial charge on any atom is -0.496 e. The Hall–Kier alpha value is -2.45. The molecule has 2 aromatic rings. The molecule has 7 nitrogen and oxygen atoms in total. The highest BCUT2D eigenvalue weighted by Crippen LogP contribution is 2.21. The number of nitrogens with one attached hydrogen (secondary N) is 1. The first-order valence-corrected chi connectivity index (χ1v) is 8.35. The Morgan fingerprint density at radius 1 is 1.30 bits per heavy atom. The van der Waals surface area contributed by atoms with Crippen molar-refractivity contribution in [3.8, 4) is 5.75 Å². The number of benzene rings is 1. The van der Waals surface area contributed by atoms with E-state index in [4.69, 9.17) is 9.88 Å². The lowest BCUT2D eigenvalue weighted by Gasteiger charge is -2.10. The van der Waals surface area contributed by atoms with Gasteiger partial charge in [-0.1, -0.05) is 6.07 Å². The summed E-state index contributed by atoms with van der Waals surface area (Å²) < 4.78 is 27.9. The van der Waals surface area contributed by atoms with E-state index in [1.807, 2.05) is 18.2 Å². The number of primary sulfonamides is 1. The number of ether oxygens (including phenoxy) is 1. The van der Waals surface area contributed by atoms with E-state index in [9.17, 15) is 13.2 Å². The third-order valence-corrected chi connectivity index (χ3v) is 4.05. The summed E-state index contributed by atoms with van der Waals surface area (Å²) in [5.74, 6) is -0.170. The highest BCUT2D eigenvalue weighted by atomic mass is 32.2. The van der Waals surface area contributed by atoms with E-state index in [1.165, 1.54) is 25.3 Å². The van der Waals surface area contributed by atoms with Gasteiger partial charge in [-0.25, -0.2) is 13.6 Å². The molecule has 1 aromatic carbocycles. The fraction of sp³-hybridized carbons (Fsp3) is 0.200. The summed E-state index contributed by atoms with van der Waals surface area (Å²) in [6.07, 6.45) is 2.24. The molecule has 0 atom stereocenters. The van der Waals surface area contributed by atoms with Gasteiger partial charge in [0.15, 0.2) is 0 Å². The Bertz CT molecular complexity index is 792. The predicted molar refractivity (Wildman–Crippen MR) is 84.6 cm³/mol. The Balaban J connectivity index is 2.11.